The number of carbonyl (C=O) groups excluding carboxylic acids is 1. The van der Waals surface area contributed by atoms with Crippen LogP contribution in [0.1, 0.15) is 21.7 Å². The summed E-state index contributed by atoms with van der Waals surface area (Å²) in [5.74, 6) is -0.495. The summed E-state index contributed by atoms with van der Waals surface area (Å²) in [4.78, 5) is 40.7. The molecule has 2 aromatic carbocycles. The van der Waals surface area contributed by atoms with Gasteiger partial charge in [0.05, 0.1) is 21.1 Å². The number of likely N-dealkylation sites (N-methyl/N-ethyl adjacent to an activating group) is 1. The summed E-state index contributed by atoms with van der Waals surface area (Å²) in [6.45, 7) is 1.66. The van der Waals surface area contributed by atoms with Crippen LogP contribution in [-0.4, -0.2) is 39.0 Å². The number of amides is 1. The number of carboxylic acid groups (broad SMARTS) is 1. The topological polar surface area (TPSA) is 126 Å². The molecular formula is C23H17N3O6S. The lowest BCUT2D eigenvalue weighted by Crippen LogP contribution is -2.23. The Morgan fingerprint density at radius 1 is 1.21 bits per heavy atom. The molecule has 0 atom stereocenters. The van der Waals surface area contributed by atoms with Gasteiger partial charge in [0.25, 0.3) is 11.6 Å². The molecule has 0 bridgehead atoms. The number of thioether (sulfide) groups is 1. The van der Waals surface area contributed by atoms with Gasteiger partial charge in [0, 0.05) is 30.3 Å². The van der Waals surface area contributed by atoms with Crippen molar-refractivity contribution < 1.29 is 24.0 Å². The highest BCUT2D eigenvalue weighted by Crippen LogP contribution is 2.35. The van der Waals surface area contributed by atoms with Crippen LogP contribution in [0.5, 0.6) is 0 Å². The lowest BCUT2D eigenvalue weighted by molar-refractivity contribution is -0.385. The van der Waals surface area contributed by atoms with Crippen LogP contribution in [0.15, 0.2) is 68.9 Å². The molecular weight excluding hydrogens is 446 g/mol. The number of nitrogens with zero attached hydrogens (tertiary/aromatic N) is 3. The van der Waals surface area contributed by atoms with Gasteiger partial charge in [-0.2, -0.15) is 0 Å². The Morgan fingerprint density at radius 2 is 2.00 bits per heavy atom. The van der Waals surface area contributed by atoms with E-state index in [2.05, 4.69) is 4.99 Å². The average molecular weight is 463 g/mol. The normalized spacial score (nSPS) is 16.1. The maximum Gasteiger partial charge on any atom is 0.335 e. The molecule has 0 saturated carbocycles. The molecule has 0 unspecified atom stereocenters. The van der Waals surface area contributed by atoms with E-state index in [0.717, 1.165) is 11.8 Å². The number of hydrogen-bond acceptors (Lipinski definition) is 7. The van der Waals surface area contributed by atoms with Crippen LogP contribution in [0.25, 0.3) is 17.4 Å². The maximum atomic E-state index is 12.7. The summed E-state index contributed by atoms with van der Waals surface area (Å²) in [6, 6.07) is 14.3. The molecule has 33 heavy (non-hydrogen) atoms. The number of carbonyl (C=O) groups is 2. The number of hydrogen-bond donors (Lipinski definition) is 1. The lowest BCUT2D eigenvalue weighted by Gasteiger charge is -2.07. The van der Waals surface area contributed by atoms with Crippen molar-refractivity contribution in [2.75, 3.05) is 7.05 Å². The molecule has 1 N–H and O–H groups in total. The highest BCUT2D eigenvalue weighted by atomic mass is 32.2. The molecule has 1 saturated heterocycles. The number of nitro benzene ring substituents is 1. The summed E-state index contributed by atoms with van der Waals surface area (Å²) in [5, 5.41) is 20.7. The van der Waals surface area contributed by atoms with E-state index >= 15 is 0 Å². The molecule has 9 nitrogen and oxygen atoms in total. The van der Waals surface area contributed by atoms with Crippen LogP contribution in [0.2, 0.25) is 0 Å². The first-order valence-corrected chi connectivity index (χ1v) is 10.5. The van der Waals surface area contributed by atoms with E-state index < -0.39 is 10.9 Å². The number of nitro groups is 1. The number of aryl methyl sites for hydroxylation is 1. The molecule has 166 valence electrons. The van der Waals surface area contributed by atoms with Crippen molar-refractivity contribution in [3.8, 4) is 11.3 Å². The van der Waals surface area contributed by atoms with Crippen molar-refractivity contribution in [3.05, 3.63) is 86.5 Å². The second kappa shape index (κ2) is 8.75. The van der Waals surface area contributed by atoms with Gasteiger partial charge in [-0.1, -0.05) is 18.2 Å². The van der Waals surface area contributed by atoms with Crippen molar-refractivity contribution in [3.63, 3.8) is 0 Å². The van der Waals surface area contributed by atoms with Crippen molar-refractivity contribution in [1.82, 2.24) is 4.90 Å². The predicted octanol–water partition coefficient (Wildman–Crippen LogP) is 5.10. The standard InChI is InChI=1S/C23H17N3O6S/c1-13-6-7-14(11-18(13)26(30)31)19-9-8-17(32-19)12-20-21(27)25(2)23(33-20)24-16-5-3-4-15(10-16)22(28)29/h3-12H,1-2H3,(H,28,29)/b20-12+,24-23?. The predicted molar refractivity (Wildman–Crippen MR) is 124 cm³/mol. The third-order valence-corrected chi connectivity index (χ3v) is 5.97. The van der Waals surface area contributed by atoms with Gasteiger partial charge in [0.15, 0.2) is 5.17 Å². The summed E-state index contributed by atoms with van der Waals surface area (Å²) in [7, 11) is 1.58. The molecule has 1 fully saturated rings. The van der Waals surface area contributed by atoms with Gasteiger partial charge in [-0.25, -0.2) is 9.79 Å². The highest BCUT2D eigenvalue weighted by Gasteiger charge is 2.30. The van der Waals surface area contributed by atoms with E-state index in [9.17, 15) is 19.7 Å². The van der Waals surface area contributed by atoms with Gasteiger partial charge in [-0.3, -0.25) is 19.8 Å². The van der Waals surface area contributed by atoms with Gasteiger partial charge in [-0.05, 0) is 49.0 Å². The molecule has 1 aliphatic heterocycles. The Hall–Kier alpha value is -4.18. The Labute approximate surface area is 192 Å². The molecule has 0 radical (unpaired) electrons. The quantitative estimate of drug-likeness (QED) is 0.317. The Bertz CT molecular complexity index is 1360. The maximum absolute atomic E-state index is 12.7. The van der Waals surface area contributed by atoms with Crippen molar-refractivity contribution in [2.45, 2.75) is 6.92 Å². The minimum Gasteiger partial charge on any atom is -0.478 e. The smallest absolute Gasteiger partial charge is 0.335 e. The molecule has 2 heterocycles. The monoisotopic (exact) mass is 463 g/mol. The number of amidine groups is 1. The van der Waals surface area contributed by atoms with Crippen LogP contribution >= 0.6 is 11.8 Å². The minimum absolute atomic E-state index is 0.000207. The minimum atomic E-state index is -1.06. The molecule has 1 aromatic heterocycles. The van der Waals surface area contributed by atoms with Crippen molar-refractivity contribution >= 4 is 46.3 Å². The zero-order chi connectivity index (χ0) is 23.7. The van der Waals surface area contributed by atoms with Gasteiger partial charge in [0.1, 0.15) is 11.5 Å². The van der Waals surface area contributed by atoms with Gasteiger partial charge >= 0.3 is 5.97 Å². The first-order chi connectivity index (χ1) is 15.7. The van der Waals surface area contributed by atoms with Gasteiger partial charge < -0.3 is 9.52 Å². The summed E-state index contributed by atoms with van der Waals surface area (Å²) >= 11 is 1.13. The first-order valence-electron chi connectivity index (χ1n) is 9.68. The number of benzene rings is 2. The average Bonchev–Trinajstić information content (AvgIpc) is 3.35. The lowest BCUT2D eigenvalue weighted by atomic mass is 10.1. The molecule has 0 spiro atoms. The fraction of sp³-hybridized carbons (Fsp3) is 0.0870. The van der Waals surface area contributed by atoms with E-state index in [0.29, 0.717) is 38.4 Å². The van der Waals surface area contributed by atoms with E-state index in [-0.39, 0.29) is 17.2 Å². The van der Waals surface area contributed by atoms with Crippen LogP contribution in [0.3, 0.4) is 0 Å². The van der Waals surface area contributed by atoms with Crippen LogP contribution in [0, 0.1) is 17.0 Å². The second-order valence-electron chi connectivity index (χ2n) is 7.19. The zero-order valence-electron chi connectivity index (χ0n) is 17.5. The molecule has 4 rings (SSSR count). The fourth-order valence-corrected chi connectivity index (χ4v) is 4.11. The Balaban J connectivity index is 1.60. The number of rotatable bonds is 5. The summed E-state index contributed by atoms with van der Waals surface area (Å²) in [6.07, 6.45) is 1.58. The van der Waals surface area contributed by atoms with E-state index in [1.807, 2.05) is 0 Å². The van der Waals surface area contributed by atoms with Gasteiger partial charge in [-0.15, -0.1) is 0 Å². The third kappa shape index (κ3) is 4.55. The largest absolute Gasteiger partial charge is 0.478 e. The first kappa shape index (κ1) is 22.0. The van der Waals surface area contributed by atoms with E-state index in [4.69, 9.17) is 9.52 Å². The van der Waals surface area contributed by atoms with Crippen LogP contribution < -0.4 is 0 Å². The number of furan rings is 1. The third-order valence-electron chi connectivity index (χ3n) is 4.91. The van der Waals surface area contributed by atoms with Crippen molar-refractivity contribution in [2.24, 2.45) is 4.99 Å². The highest BCUT2D eigenvalue weighted by molar-refractivity contribution is 8.18. The molecule has 10 heteroatoms. The van der Waals surface area contributed by atoms with E-state index in [1.165, 1.54) is 23.1 Å². The number of carboxylic acids is 1. The molecule has 1 aliphatic rings. The Morgan fingerprint density at radius 3 is 2.73 bits per heavy atom. The fourth-order valence-electron chi connectivity index (χ4n) is 3.14. The molecule has 3 aromatic rings. The summed E-state index contributed by atoms with van der Waals surface area (Å²) < 4.78 is 5.80. The van der Waals surface area contributed by atoms with E-state index in [1.54, 1.807) is 56.4 Å². The number of aromatic carboxylic acids is 1. The van der Waals surface area contributed by atoms with Crippen LogP contribution in [-0.2, 0) is 4.79 Å². The van der Waals surface area contributed by atoms with Crippen molar-refractivity contribution in [1.29, 1.82) is 0 Å². The zero-order valence-corrected chi connectivity index (χ0v) is 18.3. The van der Waals surface area contributed by atoms with Crippen LogP contribution in [0.4, 0.5) is 11.4 Å². The molecule has 0 aliphatic carbocycles. The molecule has 1 amide bonds. The SMILES string of the molecule is Cc1ccc(-c2ccc(/C=C3/SC(=Nc4cccc(C(=O)O)c4)N(C)C3=O)o2)cc1[N+](=O)[O-]. The Kier molecular flexibility index (Phi) is 5.84. The van der Waals surface area contributed by atoms with Gasteiger partial charge in [0.2, 0.25) is 0 Å². The summed E-state index contributed by atoms with van der Waals surface area (Å²) in [5.41, 5.74) is 1.62. The second-order valence-corrected chi connectivity index (χ2v) is 8.19. The number of aliphatic imine (C=N–C) groups is 1.